The Morgan fingerprint density at radius 3 is 2.92 bits per heavy atom. The zero-order valence-electron chi connectivity index (χ0n) is 14.6. The summed E-state index contributed by atoms with van der Waals surface area (Å²) in [5, 5.41) is 4.38. The van der Waals surface area contributed by atoms with Gasteiger partial charge >= 0.3 is 0 Å². The molecule has 25 heavy (non-hydrogen) atoms. The average Bonchev–Trinajstić information content (AvgIpc) is 3.23. The first-order chi connectivity index (χ1) is 12.0. The van der Waals surface area contributed by atoms with Gasteiger partial charge in [-0.2, -0.15) is 4.98 Å². The number of carbonyl (C=O) groups is 1. The molecule has 4 heterocycles. The minimum Gasteiger partial charge on any atom is -0.467 e. The van der Waals surface area contributed by atoms with E-state index in [0.29, 0.717) is 18.2 Å². The molecule has 0 spiro atoms. The van der Waals surface area contributed by atoms with Crippen molar-refractivity contribution in [1.82, 2.24) is 24.5 Å². The van der Waals surface area contributed by atoms with Crippen LogP contribution in [0.3, 0.4) is 0 Å². The predicted molar refractivity (Wildman–Crippen MR) is 91.1 cm³/mol. The molecular weight excluding hydrogens is 318 g/mol. The third kappa shape index (κ3) is 2.79. The summed E-state index contributed by atoms with van der Waals surface area (Å²) in [6.45, 7) is 6.71. The van der Waals surface area contributed by atoms with Crippen LogP contribution in [0.1, 0.15) is 53.6 Å². The van der Waals surface area contributed by atoms with Crippen molar-refractivity contribution in [2.24, 2.45) is 5.92 Å². The number of hydrogen-bond donors (Lipinski definition) is 0. The molecule has 0 aromatic carbocycles. The van der Waals surface area contributed by atoms with Gasteiger partial charge in [0.25, 0.3) is 11.7 Å². The van der Waals surface area contributed by atoms with Gasteiger partial charge in [0, 0.05) is 17.9 Å². The number of nitrogens with zero attached hydrogens (tertiary/aromatic N) is 5. The van der Waals surface area contributed by atoms with Crippen LogP contribution in [0.15, 0.2) is 28.9 Å². The second kappa shape index (κ2) is 5.98. The molecule has 0 unspecified atom stereocenters. The van der Waals surface area contributed by atoms with Gasteiger partial charge in [0.1, 0.15) is 5.76 Å². The van der Waals surface area contributed by atoms with Crippen molar-refractivity contribution in [1.29, 1.82) is 0 Å². The maximum atomic E-state index is 13.1. The fourth-order valence-electron chi connectivity index (χ4n) is 3.52. The van der Waals surface area contributed by atoms with Crippen LogP contribution >= 0.6 is 0 Å². The van der Waals surface area contributed by atoms with Crippen molar-refractivity contribution < 1.29 is 9.21 Å². The van der Waals surface area contributed by atoms with Crippen molar-refractivity contribution in [3.05, 3.63) is 47.4 Å². The van der Waals surface area contributed by atoms with Crippen LogP contribution in [0.4, 0.5) is 0 Å². The molecule has 1 fully saturated rings. The van der Waals surface area contributed by atoms with Gasteiger partial charge in [-0.15, -0.1) is 5.10 Å². The molecular formula is C18H21N5O2. The molecule has 4 rings (SSSR count). The lowest BCUT2D eigenvalue weighted by Crippen LogP contribution is -2.41. The van der Waals surface area contributed by atoms with Crippen LogP contribution in [0.5, 0.6) is 0 Å². The Bertz CT molecular complexity index is 915. The highest BCUT2D eigenvalue weighted by Crippen LogP contribution is 2.35. The van der Waals surface area contributed by atoms with Crippen LogP contribution in [-0.2, 0) is 0 Å². The molecule has 0 N–H and O–H groups in total. The number of carbonyl (C=O) groups excluding carboxylic acids is 1. The van der Waals surface area contributed by atoms with Gasteiger partial charge in [-0.05, 0) is 50.8 Å². The van der Waals surface area contributed by atoms with Crippen LogP contribution in [0.2, 0.25) is 0 Å². The Balaban J connectivity index is 1.70. The van der Waals surface area contributed by atoms with Gasteiger partial charge in [0.2, 0.25) is 5.82 Å². The average molecular weight is 339 g/mol. The first-order valence-corrected chi connectivity index (χ1v) is 8.58. The minimum absolute atomic E-state index is 0.0753. The monoisotopic (exact) mass is 339 g/mol. The first-order valence-electron chi connectivity index (χ1n) is 8.58. The standard InChI is InChI=1S/C18H21N5O2/c1-11-6-7-22(14(9-11)15-5-4-8-25-15)17(24)16-20-18-19-12(2)10-13(3)23(18)21-16/h4-5,8,10-11,14H,6-7,9H2,1-3H3/t11-,14+/m1/s1. The maximum absolute atomic E-state index is 13.1. The Kier molecular flexibility index (Phi) is 3.78. The summed E-state index contributed by atoms with van der Waals surface area (Å²) in [5.74, 6) is 1.83. The SMILES string of the molecule is Cc1cc(C)n2nc(C(=O)N3CC[C@@H](C)C[C@H]3c3ccco3)nc2n1. The summed E-state index contributed by atoms with van der Waals surface area (Å²) in [6, 6.07) is 5.63. The van der Waals surface area contributed by atoms with Crippen LogP contribution in [0, 0.1) is 19.8 Å². The fourth-order valence-corrected chi connectivity index (χ4v) is 3.52. The van der Waals surface area contributed by atoms with Gasteiger partial charge in [0.15, 0.2) is 0 Å². The van der Waals surface area contributed by atoms with E-state index in [9.17, 15) is 4.79 Å². The molecule has 7 nitrogen and oxygen atoms in total. The van der Waals surface area contributed by atoms with Crippen LogP contribution in [-0.4, -0.2) is 36.9 Å². The highest BCUT2D eigenvalue weighted by atomic mass is 16.3. The largest absolute Gasteiger partial charge is 0.467 e. The third-order valence-corrected chi connectivity index (χ3v) is 4.81. The Labute approximate surface area is 145 Å². The van der Waals surface area contributed by atoms with Gasteiger partial charge in [0.05, 0.1) is 12.3 Å². The molecule has 1 saturated heterocycles. The molecule has 1 aliphatic heterocycles. The van der Waals surface area contributed by atoms with Crippen molar-refractivity contribution in [2.75, 3.05) is 6.54 Å². The smallest absolute Gasteiger partial charge is 0.294 e. The normalized spacial score (nSPS) is 21.0. The molecule has 3 aromatic heterocycles. The van der Waals surface area contributed by atoms with E-state index in [4.69, 9.17) is 4.42 Å². The summed E-state index contributed by atoms with van der Waals surface area (Å²) in [5.41, 5.74) is 1.76. The summed E-state index contributed by atoms with van der Waals surface area (Å²) < 4.78 is 7.20. The number of amides is 1. The molecule has 2 atom stereocenters. The molecule has 130 valence electrons. The number of piperidine rings is 1. The zero-order valence-corrected chi connectivity index (χ0v) is 14.6. The third-order valence-electron chi connectivity index (χ3n) is 4.81. The Hall–Kier alpha value is -2.70. The Morgan fingerprint density at radius 2 is 2.16 bits per heavy atom. The molecule has 3 aromatic rings. The topological polar surface area (TPSA) is 76.5 Å². The van der Waals surface area contributed by atoms with Crippen LogP contribution < -0.4 is 0 Å². The van der Waals surface area contributed by atoms with E-state index in [0.717, 1.165) is 30.0 Å². The summed E-state index contributed by atoms with van der Waals surface area (Å²) in [7, 11) is 0. The molecule has 1 aliphatic rings. The second-order valence-corrected chi connectivity index (χ2v) is 6.85. The van der Waals surface area contributed by atoms with Gasteiger partial charge in [-0.25, -0.2) is 9.50 Å². The van der Waals surface area contributed by atoms with E-state index >= 15 is 0 Å². The van der Waals surface area contributed by atoms with E-state index in [-0.39, 0.29) is 17.8 Å². The number of furan rings is 1. The highest BCUT2D eigenvalue weighted by Gasteiger charge is 2.35. The number of hydrogen-bond acceptors (Lipinski definition) is 5. The molecule has 1 amide bonds. The van der Waals surface area contributed by atoms with E-state index in [1.807, 2.05) is 36.9 Å². The van der Waals surface area contributed by atoms with E-state index in [1.165, 1.54) is 0 Å². The molecule has 0 radical (unpaired) electrons. The highest BCUT2D eigenvalue weighted by molar-refractivity contribution is 5.91. The van der Waals surface area contributed by atoms with Crippen LogP contribution in [0.25, 0.3) is 5.78 Å². The molecule has 0 bridgehead atoms. The van der Waals surface area contributed by atoms with Gasteiger partial charge in [-0.1, -0.05) is 6.92 Å². The van der Waals surface area contributed by atoms with Crippen molar-refractivity contribution in [3.8, 4) is 0 Å². The van der Waals surface area contributed by atoms with Crippen molar-refractivity contribution in [2.45, 2.75) is 39.7 Å². The Morgan fingerprint density at radius 1 is 1.32 bits per heavy atom. The number of fused-ring (bicyclic) bond motifs is 1. The molecule has 7 heteroatoms. The second-order valence-electron chi connectivity index (χ2n) is 6.85. The minimum atomic E-state index is -0.171. The number of likely N-dealkylation sites (tertiary alicyclic amines) is 1. The number of aromatic nitrogens is 4. The lowest BCUT2D eigenvalue weighted by Gasteiger charge is -2.36. The lowest BCUT2D eigenvalue weighted by molar-refractivity contribution is 0.0509. The first kappa shape index (κ1) is 15.8. The van der Waals surface area contributed by atoms with Gasteiger partial charge in [-0.3, -0.25) is 4.79 Å². The summed E-state index contributed by atoms with van der Waals surface area (Å²) in [4.78, 5) is 23.7. The van der Waals surface area contributed by atoms with Crippen molar-refractivity contribution in [3.63, 3.8) is 0 Å². The summed E-state index contributed by atoms with van der Waals surface area (Å²) >= 11 is 0. The maximum Gasteiger partial charge on any atom is 0.294 e. The van der Waals surface area contributed by atoms with E-state index < -0.39 is 0 Å². The number of rotatable bonds is 2. The van der Waals surface area contributed by atoms with Crippen molar-refractivity contribution >= 4 is 11.7 Å². The lowest BCUT2D eigenvalue weighted by atomic mass is 9.91. The summed E-state index contributed by atoms with van der Waals surface area (Å²) in [6.07, 6.45) is 3.49. The quantitative estimate of drug-likeness (QED) is 0.717. The van der Waals surface area contributed by atoms with E-state index in [2.05, 4.69) is 22.0 Å². The van der Waals surface area contributed by atoms with E-state index in [1.54, 1.807) is 10.8 Å². The number of aryl methyl sites for hydroxylation is 2. The zero-order chi connectivity index (χ0) is 17.6. The molecule has 0 saturated carbocycles. The van der Waals surface area contributed by atoms with Gasteiger partial charge < -0.3 is 9.32 Å². The predicted octanol–water partition coefficient (Wildman–Crippen LogP) is 2.95. The molecule has 0 aliphatic carbocycles. The fraction of sp³-hybridized carbons (Fsp3) is 0.444.